The molecule has 1 aromatic heterocycles. The van der Waals surface area contributed by atoms with Crippen molar-refractivity contribution in [2.45, 2.75) is 6.10 Å². The Morgan fingerprint density at radius 1 is 1.12 bits per heavy atom. The third kappa shape index (κ3) is 1.89. The molecule has 84 valence electrons. The highest BCUT2D eigenvalue weighted by atomic mass is 35.5. The highest BCUT2D eigenvalue weighted by molar-refractivity contribution is 6.43. The van der Waals surface area contributed by atoms with Crippen molar-refractivity contribution >= 4 is 23.2 Å². The van der Waals surface area contributed by atoms with Gasteiger partial charge in [0.25, 0.3) is 0 Å². The lowest BCUT2D eigenvalue weighted by atomic mass is 10.1. The normalized spacial score (nSPS) is 12.7. The molecule has 5 heteroatoms. The number of hydrogen-bond donors (Lipinski definition) is 2. The maximum atomic E-state index is 9.96. The van der Waals surface area contributed by atoms with Gasteiger partial charge in [0, 0.05) is 5.56 Å². The van der Waals surface area contributed by atoms with Crippen LogP contribution in [0.25, 0.3) is 0 Å². The fourth-order valence-corrected chi connectivity index (χ4v) is 1.80. The lowest BCUT2D eigenvalue weighted by Gasteiger charge is -2.11. The Bertz CT molecular complexity index is 494. The molecular formula is C11H8Cl2O3. The molecule has 0 fully saturated rings. The fraction of sp³-hybridized carbons (Fsp3) is 0.0909. The van der Waals surface area contributed by atoms with Crippen LogP contribution in [0, 0.1) is 0 Å². The van der Waals surface area contributed by atoms with E-state index in [-0.39, 0.29) is 15.8 Å². The quantitative estimate of drug-likeness (QED) is 0.869. The molecule has 0 bridgehead atoms. The Hall–Kier alpha value is -1.16. The maximum Gasteiger partial charge on any atom is 0.138 e. The van der Waals surface area contributed by atoms with E-state index in [4.69, 9.17) is 27.6 Å². The highest BCUT2D eigenvalue weighted by Gasteiger charge is 2.19. The summed E-state index contributed by atoms with van der Waals surface area (Å²) in [5.41, 5.74) is 0.388. The summed E-state index contributed by atoms with van der Waals surface area (Å²) in [5.74, 6) is 0.241. The summed E-state index contributed by atoms with van der Waals surface area (Å²) in [6.45, 7) is 0. The molecule has 2 aromatic rings. The van der Waals surface area contributed by atoms with Crippen molar-refractivity contribution in [3.63, 3.8) is 0 Å². The molecule has 0 saturated carbocycles. The molecule has 0 radical (unpaired) electrons. The van der Waals surface area contributed by atoms with E-state index in [0.717, 1.165) is 0 Å². The molecule has 0 aliphatic carbocycles. The second-order valence-electron chi connectivity index (χ2n) is 3.22. The van der Waals surface area contributed by atoms with Gasteiger partial charge in [-0.25, -0.2) is 0 Å². The van der Waals surface area contributed by atoms with E-state index in [0.29, 0.717) is 11.3 Å². The molecule has 0 amide bonds. The van der Waals surface area contributed by atoms with Crippen molar-refractivity contribution in [1.29, 1.82) is 0 Å². The van der Waals surface area contributed by atoms with Crippen LogP contribution in [0.1, 0.15) is 17.4 Å². The van der Waals surface area contributed by atoms with E-state index in [1.807, 2.05) is 0 Å². The summed E-state index contributed by atoms with van der Waals surface area (Å²) < 4.78 is 5.06. The molecule has 0 aliphatic rings. The molecule has 2 rings (SSSR count). The Balaban J connectivity index is 2.45. The minimum atomic E-state index is -0.999. The lowest BCUT2D eigenvalue weighted by Crippen LogP contribution is -1.99. The van der Waals surface area contributed by atoms with E-state index in [2.05, 4.69) is 0 Å². The van der Waals surface area contributed by atoms with E-state index >= 15 is 0 Å². The standard InChI is InChI=1S/C11H8Cl2O3/c12-9-6(3-4-7(14)10(9)13)11(15)8-2-1-5-16-8/h1-5,11,14-15H. The monoisotopic (exact) mass is 258 g/mol. The van der Waals surface area contributed by atoms with Crippen LogP contribution < -0.4 is 0 Å². The predicted molar refractivity (Wildman–Crippen MR) is 60.9 cm³/mol. The molecule has 1 unspecified atom stereocenters. The number of furan rings is 1. The van der Waals surface area contributed by atoms with Gasteiger partial charge in [-0.3, -0.25) is 0 Å². The van der Waals surface area contributed by atoms with Crippen LogP contribution in [0.4, 0.5) is 0 Å². The summed E-state index contributed by atoms with van der Waals surface area (Å²) in [6, 6.07) is 6.16. The smallest absolute Gasteiger partial charge is 0.138 e. The Morgan fingerprint density at radius 3 is 2.50 bits per heavy atom. The van der Waals surface area contributed by atoms with Gasteiger partial charge < -0.3 is 14.6 Å². The largest absolute Gasteiger partial charge is 0.506 e. The summed E-state index contributed by atoms with van der Waals surface area (Å²) in [7, 11) is 0. The first-order valence-electron chi connectivity index (χ1n) is 4.49. The van der Waals surface area contributed by atoms with Gasteiger partial charge in [-0.05, 0) is 18.2 Å². The number of phenols is 1. The average molecular weight is 259 g/mol. The highest BCUT2D eigenvalue weighted by Crippen LogP contribution is 2.38. The SMILES string of the molecule is Oc1ccc(C(O)c2ccco2)c(Cl)c1Cl. The van der Waals surface area contributed by atoms with Crippen LogP contribution in [-0.4, -0.2) is 10.2 Å². The molecule has 0 aliphatic heterocycles. The zero-order valence-electron chi connectivity index (χ0n) is 8.02. The van der Waals surface area contributed by atoms with Gasteiger partial charge in [0.15, 0.2) is 0 Å². The van der Waals surface area contributed by atoms with Crippen LogP contribution in [0.3, 0.4) is 0 Å². The summed E-state index contributed by atoms with van der Waals surface area (Å²) in [5, 5.41) is 19.4. The molecule has 0 saturated heterocycles. The third-order valence-electron chi connectivity index (χ3n) is 2.20. The molecule has 3 nitrogen and oxygen atoms in total. The number of aliphatic hydroxyl groups excluding tert-OH is 1. The van der Waals surface area contributed by atoms with Crippen LogP contribution in [0.2, 0.25) is 10.0 Å². The number of aliphatic hydroxyl groups is 1. The van der Waals surface area contributed by atoms with Crippen LogP contribution in [0.5, 0.6) is 5.75 Å². The van der Waals surface area contributed by atoms with Gasteiger partial charge in [0.05, 0.1) is 11.3 Å². The molecule has 1 atom stereocenters. The van der Waals surface area contributed by atoms with Crippen molar-refractivity contribution in [3.8, 4) is 5.75 Å². The molecule has 16 heavy (non-hydrogen) atoms. The van der Waals surface area contributed by atoms with Crippen LogP contribution in [0.15, 0.2) is 34.9 Å². The minimum absolute atomic E-state index is 0.0183. The van der Waals surface area contributed by atoms with E-state index < -0.39 is 6.10 Å². The predicted octanol–water partition coefficient (Wildman–Crippen LogP) is 3.37. The first kappa shape index (κ1) is 11.3. The number of benzene rings is 1. The Kier molecular flexibility index (Phi) is 3.10. The number of hydrogen-bond acceptors (Lipinski definition) is 3. The lowest BCUT2D eigenvalue weighted by molar-refractivity contribution is 0.189. The average Bonchev–Trinajstić information content (AvgIpc) is 2.79. The van der Waals surface area contributed by atoms with Gasteiger partial charge in [-0.2, -0.15) is 0 Å². The number of rotatable bonds is 2. The van der Waals surface area contributed by atoms with Crippen LogP contribution in [-0.2, 0) is 0 Å². The third-order valence-corrected chi connectivity index (χ3v) is 3.09. The van der Waals surface area contributed by atoms with Crippen molar-refractivity contribution in [1.82, 2.24) is 0 Å². The van der Waals surface area contributed by atoms with E-state index in [1.165, 1.54) is 18.4 Å². The Labute approximate surface area is 102 Å². The Morgan fingerprint density at radius 2 is 1.88 bits per heavy atom. The molecule has 1 heterocycles. The van der Waals surface area contributed by atoms with E-state index in [1.54, 1.807) is 12.1 Å². The van der Waals surface area contributed by atoms with Gasteiger partial charge in [0.1, 0.15) is 22.6 Å². The van der Waals surface area contributed by atoms with E-state index in [9.17, 15) is 10.2 Å². The zero-order valence-corrected chi connectivity index (χ0v) is 9.53. The summed E-state index contributed by atoms with van der Waals surface area (Å²) in [6.07, 6.45) is 0.453. The van der Waals surface area contributed by atoms with Crippen molar-refractivity contribution in [2.75, 3.05) is 0 Å². The number of aromatic hydroxyl groups is 1. The number of halogens is 2. The topological polar surface area (TPSA) is 53.6 Å². The second-order valence-corrected chi connectivity index (χ2v) is 3.98. The summed E-state index contributed by atoms with van der Waals surface area (Å²) in [4.78, 5) is 0. The summed E-state index contributed by atoms with van der Waals surface area (Å²) >= 11 is 11.7. The molecular weight excluding hydrogens is 251 g/mol. The first-order chi connectivity index (χ1) is 7.61. The zero-order chi connectivity index (χ0) is 11.7. The van der Waals surface area contributed by atoms with Gasteiger partial charge in [-0.15, -0.1) is 0 Å². The van der Waals surface area contributed by atoms with Crippen molar-refractivity contribution in [2.24, 2.45) is 0 Å². The van der Waals surface area contributed by atoms with Gasteiger partial charge in [0.2, 0.25) is 0 Å². The molecule has 1 aromatic carbocycles. The fourth-order valence-electron chi connectivity index (χ4n) is 1.37. The number of phenolic OH excluding ortho intramolecular Hbond substituents is 1. The molecule has 2 N–H and O–H groups in total. The first-order valence-corrected chi connectivity index (χ1v) is 5.25. The van der Waals surface area contributed by atoms with Gasteiger partial charge >= 0.3 is 0 Å². The van der Waals surface area contributed by atoms with Crippen LogP contribution >= 0.6 is 23.2 Å². The second kappa shape index (κ2) is 4.37. The van der Waals surface area contributed by atoms with Gasteiger partial charge in [-0.1, -0.05) is 29.3 Å². The maximum absolute atomic E-state index is 9.96. The minimum Gasteiger partial charge on any atom is -0.506 e. The van der Waals surface area contributed by atoms with Crippen molar-refractivity contribution in [3.05, 3.63) is 51.9 Å². The van der Waals surface area contributed by atoms with Crippen molar-refractivity contribution < 1.29 is 14.6 Å². The molecule has 0 spiro atoms.